The third-order valence-electron chi connectivity index (χ3n) is 10.0. The van der Waals surface area contributed by atoms with Crippen LogP contribution in [0.3, 0.4) is 0 Å². The number of hydrogen-bond acceptors (Lipinski definition) is 2. The van der Waals surface area contributed by atoms with E-state index >= 15 is 0 Å². The Kier molecular flexibility index (Phi) is 6.37. The molecule has 1 aliphatic rings. The molecule has 8 aromatic rings. The van der Waals surface area contributed by atoms with Crippen molar-refractivity contribution in [2.75, 3.05) is 19.8 Å². The van der Waals surface area contributed by atoms with Gasteiger partial charge in [-0.25, -0.2) is 0 Å². The van der Waals surface area contributed by atoms with E-state index in [1.807, 2.05) is 0 Å². The predicted octanol–water partition coefficient (Wildman–Crippen LogP) is 8.98. The second-order valence-corrected chi connectivity index (χ2v) is 13.4. The molecule has 4 nitrogen and oxygen atoms in total. The van der Waals surface area contributed by atoms with Crippen molar-refractivity contribution in [1.29, 1.82) is 0 Å². The van der Waals surface area contributed by atoms with Crippen molar-refractivity contribution < 1.29 is 0 Å². The van der Waals surface area contributed by atoms with E-state index in [-0.39, 0.29) is 0 Å². The Morgan fingerprint density at radius 1 is 0.543 bits per heavy atom. The Hall–Kier alpha value is -4.78. The number of nitrogens with two attached hydrogens (primary N) is 1. The Morgan fingerprint density at radius 3 is 1.43 bits per heavy atom. The largest absolute Gasteiger partial charge is 0.376 e. The average Bonchev–Trinajstić information content (AvgIpc) is 3.10. The number of nitrogens with zero attached hydrogens (tertiary/aromatic N) is 3. The summed E-state index contributed by atoms with van der Waals surface area (Å²) >= 11 is 11.7. The normalized spacial score (nSPS) is 14.1. The highest BCUT2D eigenvalue weighted by Gasteiger charge is 2.25. The summed E-state index contributed by atoms with van der Waals surface area (Å²) in [5, 5.41) is 16.8. The smallest absolute Gasteiger partial charge is 0.173 e. The number of benzene rings is 8. The SMILES string of the molecule is NC(=S)N1CCCN(C(=S)N(Cc2ccc3ccc4cccc5ccc2c3c45)Cc2ccc3ccc4cccc5ccc2c3c45)C1. The first-order chi connectivity index (χ1) is 22.5. The van der Waals surface area contributed by atoms with E-state index < -0.39 is 0 Å². The van der Waals surface area contributed by atoms with Crippen LogP contribution >= 0.6 is 24.4 Å². The van der Waals surface area contributed by atoms with E-state index in [2.05, 4.69) is 124 Å². The minimum atomic E-state index is 0.428. The lowest BCUT2D eigenvalue weighted by Crippen LogP contribution is -2.54. The lowest BCUT2D eigenvalue weighted by molar-refractivity contribution is 0.192. The van der Waals surface area contributed by atoms with E-state index in [1.54, 1.807) is 0 Å². The second kappa shape index (κ2) is 10.6. The minimum absolute atomic E-state index is 0.428. The molecule has 0 aromatic heterocycles. The Morgan fingerprint density at radius 2 is 0.957 bits per heavy atom. The summed E-state index contributed by atoms with van der Waals surface area (Å²) in [5.74, 6) is 0. The van der Waals surface area contributed by atoms with Crippen LogP contribution in [-0.2, 0) is 13.1 Å². The molecule has 1 aliphatic heterocycles. The lowest BCUT2D eigenvalue weighted by Gasteiger charge is -2.41. The summed E-state index contributed by atoms with van der Waals surface area (Å²) in [5.41, 5.74) is 8.64. The van der Waals surface area contributed by atoms with E-state index in [9.17, 15) is 0 Å². The summed E-state index contributed by atoms with van der Waals surface area (Å²) in [4.78, 5) is 6.70. The zero-order valence-electron chi connectivity index (χ0n) is 25.4. The molecule has 46 heavy (non-hydrogen) atoms. The molecular formula is C40H32N4S2. The van der Waals surface area contributed by atoms with Crippen molar-refractivity contribution in [1.82, 2.24) is 14.7 Å². The van der Waals surface area contributed by atoms with Gasteiger partial charge in [0.05, 0.1) is 6.67 Å². The zero-order valence-corrected chi connectivity index (χ0v) is 27.0. The van der Waals surface area contributed by atoms with Crippen LogP contribution in [0.4, 0.5) is 0 Å². The maximum Gasteiger partial charge on any atom is 0.173 e. The molecule has 0 aliphatic carbocycles. The number of thiocarbonyl (C=S) groups is 2. The average molecular weight is 633 g/mol. The molecule has 0 radical (unpaired) electrons. The van der Waals surface area contributed by atoms with Gasteiger partial charge < -0.3 is 20.4 Å². The van der Waals surface area contributed by atoms with Gasteiger partial charge >= 0.3 is 0 Å². The molecule has 0 unspecified atom stereocenters. The van der Waals surface area contributed by atoms with Crippen molar-refractivity contribution in [3.63, 3.8) is 0 Å². The van der Waals surface area contributed by atoms with Crippen LogP contribution < -0.4 is 5.73 Å². The van der Waals surface area contributed by atoms with E-state index in [1.165, 1.54) is 75.8 Å². The van der Waals surface area contributed by atoms with Crippen LogP contribution in [0.15, 0.2) is 109 Å². The highest BCUT2D eigenvalue weighted by atomic mass is 32.1. The van der Waals surface area contributed by atoms with Crippen LogP contribution in [0.5, 0.6) is 0 Å². The first-order valence-corrected chi connectivity index (χ1v) is 16.7. The van der Waals surface area contributed by atoms with Crippen molar-refractivity contribution in [2.45, 2.75) is 19.5 Å². The van der Waals surface area contributed by atoms with Crippen LogP contribution in [-0.4, -0.2) is 44.7 Å². The van der Waals surface area contributed by atoms with Crippen molar-refractivity contribution in [3.05, 3.63) is 120 Å². The molecule has 1 heterocycles. The molecule has 224 valence electrons. The molecule has 0 bridgehead atoms. The lowest BCUT2D eigenvalue weighted by atomic mass is 9.91. The van der Waals surface area contributed by atoms with Gasteiger partial charge in [-0.3, -0.25) is 0 Å². The summed E-state index contributed by atoms with van der Waals surface area (Å²) < 4.78 is 0. The molecule has 1 fully saturated rings. The molecule has 0 atom stereocenters. The van der Waals surface area contributed by atoms with Gasteiger partial charge in [-0.2, -0.15) is 0 Å². The Balaban J connectivity index is 1.18. The third kappa shape index (κ3) is 4.32. The van der Waals surface area contributed by atoms with Gasteiger partial charge in [0.15, 0.2) is 10.2 Å². The maximum absolute atomic E-state index is 6.37. The summed E-state index contributed by atoms with van der Waals surface area (Å²) in [6.07, 6.45) is 0.961. The molecule has 6 heteroatoms. The van der Waals surface area contributed by atoms with Crippen LogP contribution in [0.2, 0.25) is 0 Å². The molecule has 0 spiro atoms. The topological polar surface area (TPSA) is 35.7 Å². The summed E-state index contributed by atoms with van der Waals surface area (Å²) in [7, 11) is 0. The van der Waals surface area contributed by atoms with Gasteiger partial charge in [0.2, 0.25) is 0 Å². The number of hydrogen-bond donors (Lipinski definition) is 1. The van der Waals surface area contributed by atoms with E-state index in [0.29, 0.717) is 24.9 Å². The van der Waals surface area contributed by atoms with Gasteiger partial charge in [0, 0.05) is 26.2 Å². The molecule has 2 N–H and O–H groups in total. The molecule has 8 aromatic carbocycles. The number of rotatable bonds is 4. The summed E-state index contributed by atoms with van der Waals surface area (Å²) in [6, 6.07) is 40.4. The molecular weight excluding hydrogens is 601 g/mol. The van der Waals surface area contributed by atoms with E-state index in [0.717, 1.165) is 24.6 Å². The fraction of sp³-hybridized carbons (Fsp3) is 0.150. The van der Waals surface area contributed by atoms with Crippen molar-refractivity contribution >= 4 is 99.3 Å². The highest BCUT2D eigenvalue weighted by molar-refractivity contribution is 7.80. The highest BCUT2D eigenvalue weighted by Crippen LogP contribution is 2.38. The Labute approximate surface area is 278 Å². The fourth-order valence-electron chi connectivity index (χ4n) is 7.81. The first-order valence-electron chi connectivity index (χ1n) is 15.9. The Bertz CT molecular complexity index is 2290. The fourth-order valence-corrected chi connectivity index (χ4v) is 8.23. The van der Waals surface area contributed by atoms with E-state index in [4.69, 9.17) is 30.2 Å². The maximum atomic E-state index is 6.37. The van der Waals surface area contributed by atoms with Gasteiger partial charge in [0.25, 0.3) is 0 Å². The van der Waals surface area contributed by atoms with Crippen LogP contribution in [0.25, 0.3) is 64.6 Å². The van der Waals surface area contributed by atoms with Crippen molar-refractivity contribution in [3.8, 4) is 0 Å². The molecule has 0 amide bonds. The first kappa shape index (κ1) is 27.5. The predicted molar refractivity (Wildman–Crippen MR) is 202 cm³/mol. The third-order valence-corrected chi connectivity index (χ3v) is 10.8. The molecule has 1 saturated heterocycles. The summed E-state index contributed by atoms with van der Waals surface area (Å²) in [6.45, 7) is 3.74. The van der Waals surface area contributed by atoms with Gasteiger partial charge in [-0.15, -0.1) is 0 Å². The van der Waals surface area contributed by atoms with Gasteiger partial charge in [0.1, 0.15) is 0 Å². The van der Waals surface area contributed by atoms with Crippen molar-refractivity contribution in [2.24, 2.45) is 5.73 Å². The molecule has 0 saturated carbocycles. The van der Waals surface area contributed by atoms with Crippen LogP contribution in [0, 0.1) is 0 Å². The van der Waals surface area contributed by atoms with Crippen LogP contribution in [0.1, 0.15) is 17.5 Å². The molecule has 9 rings (SSSR count). The quantitative estimate of drug-likeness (QED) is 0.154. The van der Waals surface area contributed by atoms with Gasteiger partial charge in [-0.05, 0) is 107 Å². The minimum Gasteiger partial charge on any atom is -0.376 e. The standard InChI is InChI=1S/C40H32N4S2/c41-39(45)42-20-3-21-43(24-42)40(46)44(22-31-14-12-29-10-8-25-4-1-6-27-16-18-33(31)37(29)35(25)27)23-32-15-13-30-11-9-26-5-2-7-28-17-19-34(32)38(30)36(26)28/h1-2,4-19H,3,20-24H2,(H2,41,45). The van der Waals surface area contributed by atoms with Gasteiger partial charge in [-0.1, -0.05) is 109 Å². The second-order valence-electron chi connectivity index (χ2n) is 12.7. The monoisotopic (exact) mass is 632 g/mol. The zero-order chi connectivity index (χ0) is 30.9.